The van der Waals surface area contributed by atoms with Crippen molar-refractivity contribution in [1.29, 1.82) is 0 Å². The average molecular weight is 404 g/mol. The fourth-order valence-corrected chi connectivity index (χ4v) is 4.90. The second-order valence-electron chi connectivity index (χ2n) is 7.83. The number of fused-ring (bicyclic) bond motifs is 2. The van der Waals surface area contributed by atoms with Crippen molar-refractivity contribution in [3.63, 3.8) is 0 Å². The molecule has 1 fully saturated rings. The molecule has 2 aromatic rings. The van der Waals surface area contributed by atoms with Crippen LogP contribution in [0.1, 0.15) is 41.2 Å². The number of carbonyl (C=O) groups is 3. The van der Waals surface area contributed by atoms with Gasteiger partial charge in [0, 0.05) is 42.4 Å². The lowest BCUT2D eigenvalue weighted by Crippen LogP contribution is -2.51. The Balaban J connectivity index is 1.76. The van der Waals surface area contributed by atoms with Crippen LogP contribution >= 0.6 is 0 Å². The summed E-state index contributed by atoms with van der Waals surface area (Å²) in [5, 5.41) is 8.86. The van der Waals surface area contributed by atoms with E-state index in [0.29, 0.717) is 5.56 Å². The van der Waals surface area contributed by atoms with Crippen molar-refractivity contribution in [3.05, 3.63) is 77.9 Å². The number of hydrogen-bond donors (Lipinski definition) is 1. The summed E-state index contributed by atoms with van der Waals surface area (Å²) in [4.78, 5) is 40.5. The number of carboxylic acid groups (broad SMARTS) is 1. The SMILES string of the molecule is CN(C(=O)/C=C/C(=O)O)[C@H]1c2ccccc2N(C(=O)c2ccccc2)[C@@H]2CCC[C@@H]21. The van der Waals surface area contributed by atoms with E-state index < -0.39 is 5.97 Å². The summed E-state index contributed by atoms with van der Waals surface area (Å²) in [6, 6.07) is 16.8. The van der Waals surface area contributed by atoms with E-state index in [1.165, 1.54) is 0 Å². The first-order valence-corrected chi connectivity index (χ1v) is 10.1. The molecule has 0 bridgehead atoms. The first-order chi connectivity index (χ1) is 14.5. The number of para-hydroxylation sites is 1. The lowest BCUT2D eigenvalue weighted by Gasteiger charge is -2.46. The van der Waals surface area contributed by atoms with E-state index in [1.807, 2.05) is 59.5 Å². The maximum Gasteiger partial charge on any atom is 0.328 e. The fourth-order valence-electron chi connectivity index (χ4n) is 4.90. The van der Waals surface area contributed by atoms with Crippen molar-refractivity contribution in [3.8, 4) is 0 Å². The predicted octanol–water partition coefficient (Wildman–Crippen LogP) is 3.66. The number of carboxylic acids is 1. The van der Waals surface area contributed by atoms with Crippen LogP contribution in [0.4, 0.5) is 5.69 Å². The molecule has 6 nitrogen and oxygen atoms in total. The third-order valence-electron chi connectivity index (χ3n) is 6.16. The summed E-state index contributed by atoms with van der Waals surface area (Å²) in [5.74, 6) is -1.44. The normalized spacial score (nSPS) is 22.4. The van der Waals surface area contributed by atoms with E-state index in [2.05, 4.69) is 0 Å². The van der Waals surface area contributed by atoms with Gasteiger partial charge in [-0.05, 0) is 36.6 Å². The van der Waals surface area contributed by atoms with Crippen LogP contribution in [-0.4, -0.2) is 40.9 Å². The summed E-state index contributed by atoms with van der Waals surface area (Å²) in [5.41, 5.74) is 2.39. The number of likely N-dealkylation sites (N-methyl/N-ethyl adjacent to an activating group) is 1. The maximum atomic E-state index is 13.5. The zero-order valence-corrected chi connectivity index (χ0v) is 16.8. The highest BCUT2D eigenvalue weighted by molar-refractivity contribution is 6.07. The molecule has 1 heterocycles. The van der Waals surface area contributed by atoms with Gasteiger partial charge in [0.15, 0.2) is 0 Å². The molecule has 1 N–H and O–H groups in total. The highest BCUT2D eigenvalue weighted by Gasteiger charge is 2.47. The van der Waals surface area contributed by atoms with E-state index in [4.69, 9.17) is 5.11 Å². The molecule has 0 aromatic heterocycles. The Hall–Kier alpha value is -3.41. The van der Waals surface area contributed by atoms with Crippen LogP contribution in [0.3, 0.4) is 0 Å². The zero-order chi connectivity index (χ0) is 21.3. The van der Waals surface area contributed by atoms with E-state index >= 15 is 0 Å². The highest BCUT2D eigenvalue weighted by atomic mass is 16.4. The number of aliphatic carboxylic acids is 1. The average Bonchev–Trinajstić information content (AvgIpc) is 3.24. The summed E-state index contributed by atoms with van der Waals surface area (Å²) in [7, 11) is 1.71. The summed E-state index contributed by atoms with van der Waals surface area (Å²) < 4.78 is 0. The molecule has 1 saturated carbocycles. The van der Waals surface area contributed by atoms with Gasteiger partial charge in [-0.1, -0.05) is 42.8 Å². The number of carbonyl (C=O) groups excluding carboxylic acids is 2. The number of nitrogens with zero attached hydrogens (tertiary/aromatic N) is 2. The van der Waals surface area contributed by atoms with Gasteiger partial charge in [-0.2, -0.15) is 0 Å². The second kappa shape index (κ2) is 8.14. The Morgan fingerprint density at radius 1 is 1.00 bits per heavy atom. The Kier molecular flexibility index (Phi) is 5.40. The molecule has 6 heteroatoms. The quantitative estimate of drug-likeness (QED) is 0.789. The summed E-state index contributed by atoms with van der Waals surface area (Å²) in [6.45, 7) is 0. The molecule has 2 amide bonds. The maximum absolute atomic E-state index is 13.5. The van der Waals surface area contributed by atoms with E-state index in [9.17, 15) is 14.4 Å². The summed E-state index contributed by atoms with van der Waals surface area (Å²) >= 11 is 0. The van der Waals surface area contributed by atoms with Crippen molar-refractivity contribution >= 4 is 23.5 Å². The molecule has 0 saturated heterocycles. The van der Waals surface area contributed by atoms with Crippen molar-refractivity contribution < 1.29 is 19.5 Å². The standard InChI is InChI=1S/C24H24N2O4/c1-25(21(27)14-15-22(28)29)23-17-10-5-6-12-19(17)26(20-13-7-11-18(20)23)24(30)16-8-3-2-4-9-16/h2-6,8-10,12,14-15,18,20,23H,7,11,13H2,1H3,(H,28,29)/b15-14+/t18-,20+,23-/m0/s1. The minimum absolute atomic E-state index is 0.00342. The molecule has 2 aromatic carbocycles. The third kappa shape index (κ3) is 3.49. The molecule has 154 valence electrons. The lowest BCUT2D eigenvalue weighted by atomic mass is 9.81. The number of benzene rings is 2. The van der Waals surface area contributed by atoms with Crippen LogP contribution in [0.15, 0.2) is 66.7 Å². The molecule has 2 aliphatic rings. The Morgan fingerprint density at radius 2 is 1.70 bits per heavy atom. The molecule has 0 unspecified atom stereocenters. The van der Waals surface area contributed by atoms with Gasteiger partial charge in [0.05, 0.1) is 6.04 Å². The van der Waals surface area contributed by atoms with Crippen molar-refractivity contribution in [2.24, 2.45) is 5.92 Å². The van der Waals surface area contributed by atoms with Gasteiger partial charge in [0.25, 0.3) is 5.91 Å². The molecular weight excluding hydrogens is 380 g/mol. The summed E-state index contributed by atoms with van der Waals surface area (Å²) in [6.07, 6.45) is 4.72. The first-order valence-electron chi connectivity index (χ1n) is 10.1. The molecule has 1 aliphatic heterocycles. The Labute approximate surface area is 175 Å². The fraction of sp³-hybridized carbons (Fsp3) is 0.292. The van der Waals surface area contributed by atoms with Crippen molar-refractivity contribution in [1.82, 2.24) is 4.90 Å². The monoisotopic (exact) mass is 404 g/mol. The van der Waals surface area contributed by atoms with E-state index in [0.717, 1.165) is 42.7 Å². The Morgan fingerprint density at radius 3 is 2.43 bits per heavy atom. The minimum Gasteiger partial charge on any atom is -0.478 e. The lowest BCUT2D eigenvalue weighted by molar-refractivity contribution is -0.132. The van der Waals surface area contributed by atoms with Gasteiger partial charge in [-0.15, -0.1) is 0 Å². The van der Waals surface area contributed by atoms with Gasteiger partial charge in [0.2, 0.25) is 5.91 Å². The highest BCUT2D eigenvalue weighted by Crippen LogP contribution is 2.50. The molecule has 3 atom stereocenters. The van der Waals surface area contributed by atoms with Crippen LogP contribution in [0.5, 0.6) is 0 Å². The van der Waals surface area contributed by atoms with Crippen molar-refractivity contribution in [2.45, 2.75) is 31.3 Å². The smallest absolute Gasteiger partial charge is 0.328 e. The van der Waals surface area contributed by atoms with Crippen LogP contribution in [-0.2, 0) is 9.59 Å². The molecule has 0 radical (unpaired) electrons. The van der Waals surface area contributed by atoms with Gasteiger partial charge in [0.1, 0.15) is 0 Å². The number of rotatable bonds is 4. The van der Waals surface area contributed by atoms with Gasteiger partial charge in [-0.25, -0.2) is 4.79 Å². The third-order valence-corrected chi connectivity index (χ3v) is 6.16. The van der Waals surface area contributed by atoms with Gasteiger partial charge in [-0.3, -0.25) is 9.59 Å². The molecular formula is C24H24N2O4. The Bertz CT molecular complexity index is 1000. The van der Waals surface area contributed by atoms with Crippen LogP contribution in [0.25, 0.3) is 0 Å². The number of anilines is 1. The molecule has 4 rings (SSSR count). The van der Waals surface area contributed by atoms with E-state index in [1.54, 1.807) is 11.9 Å². The van der Waals surface area contributed by atoms with Crippen LogP contribution in [0.2, 0.25) is 0 Å². The molecule has 0 spiro atoms. The first kappa shape index (κ1) is 19.9. The second-order valence-corrected chi connectivity index (χ2v) is 7.83. The minimum atomic E-state index is -1.15. The number of amides is 2. The topological polar surface area (TPSA) is 77.9 Å². The van der Waals surface area contributed by atoms with Crippen molar-refractivity contribution in [2.75, 3.05) is 11.9 Å². The van der Waals surface area contributed by atoms with Gasteiger partial charge >= 0.3 is 5.97 Å². The molecule has 30 heavy (non-hydrogen) atoms. The number of hydrogen-bond acceptors (Lipinski definition) is 3. The van der Waals surface area contributed by atoms with E-state index in [-0.39, 0.29) is 29.8 Å². The zero-order valence-electron chi connectivity index (χ0n) is 16.8. The van der Waals surface area contributed by atoms with Crippen LogP contribution in [0, 0.1) is 5.92 Å². The van der Waals surface area contributed by atoms with Crippen LogP contribution < -0.4 is 4.90 Å². The van der Waals surface area contributed by atoms with Gasteiger partial charge < -0.3 is 14.9 Å². The largest absolute Gasteiger partial charge is 0.478 e. The molecule has 1 aliphatic carbocycles. The predicted molar refractivity (Wildman–Crippen MR) is 113 cm³/mol.